The van der Waals surface area contributed by atoms with Crippen molar-refractivity contribution in [2.45, 2.75) is 34.6 Å². The van der Waals surface area contributed by atoms with Gasteiger partial charge in [0, 0.05) is 0 Å². The highest BCUT2D eigenvalue weighted by Crippen LogP contribution is 2.15. The molecule has 0 aromatic heterocycles. The lowest BCUT2D eigenvalue weighted by molar-refractivity contribution is -0.906. The zero-order chi connectivity index (χ0) is 12.1. The predicted molar refractivity (Wildman–Crippen MR) is 62.5 cm³/mol. The van der Waals surface area contributed by atoms with Crippen molar-refractivity contribution in [1.82, 2.24) is 0 Å². The van der Waals surface area contributed by atoms with Crippen LogP contribution in [0.15, 0.2) is 0 Å². The summed E-state index contributed by atoms with van der Waals surface area (Å²) in [4.78, 5) is 11.5. The minimum atomic E-state index is -0.387. The Morgan fingerprint density at radius 2 is 1.62 bits per heavy atom. The second-order valence-corrected chi connectivity index (χ2v) is 5.36. The molecule has 0 unspecified atom stereocenters. The van der Waals surface area contributed by atoms with E-state index in [0.717, 1.165) is 24.1 Å². The van der Waals surface area contributed by atoms with Crippen molar-refractivity contribution in [2.75, 3.05) is 33.3 Å². The molecule has 0 saturated carbocycles. The van der Waals surface area contributed by atoms with E-state index in [-0.39, 0.29) is 35.4 Å². The monoisotopic (exact) mass is 343 g/mol. The maximum absolute atomic E-state index is 11.5. The summed E-state index contributed by atoms with van der Waals surface area (Å²) < 4.78 is 6.21. The van der Waals surface area contributed by atoms with Gasteiger partial charge in [0.15, 0.2) is 0 Å². The van der Waals surface area contributed by atoms with E-state index in [2.05, 4.69) is 20.9 Å². The SMILES string of the molecule is CC[N+](C)(CC)CCOC(=O)C(C)(C)C.[I-]. The fraction of sp³-hybridized carbons (Fsp3) is 0.917. The highest BCUT2D eigenvalue weighted by Gasteiger charge is 2.24. The molecule has 0 spiro atoms. The Morgan fingerprint density at radius 1 is 1.19 bits per heavy atom. The molecule has 0 saturated heterocycles. The fourth-order valence-corrected chi connectivity index (χ4v) is 1.12. The van der Waals surface area contributed by atoms with Crippen LogP contribution in [0.25, 0.3) is 0 Å². The molecule has 3 nitrogen and oxygen atoms in total. The van der Waals surface area contributed by atoms with Gasteiger partial charge < -0.3 is 33.2 Å². The van der Waals surface area contributed by atoms with E-state index in [9.17, 15) is 4.79 Å². The van der Waals surface area contributed by atoms with Crippen molar-refractivity contribution >= 4 is 5.97 Å². The number of carbonyl (C=O) groups is 1. The molecule has 0 radical (unpaired) electrons. The third kappa shape index (κ3) is 6.68. The molecule has 0 rings (SSSR count). The molecule has 4 heteroatoms. The lowest BCUT2D eigenvalue weighted by Crippen LogP contribution is -3.00. The van der Waals surface area contributed by atoms with Gasteiger partial charge in [0.2, 0.25) is 0 Å². The van der Waals surface area contributed by atoms with E-state index in [1.807, 2.05) is 20.8 Å². The Kier molecular flexibility index (Phi) is 8.66. The van der Waals surface area contributed by atoms with Gasteiger partial charge in [-0.1, -0.05) is 0 Å². The number of likely N-dealkylation sites (N-methyl/N-ethyl adjacent to an activating group) is 1. The molecule has 0 atom stereocenters. The van der Waals surface area contributed by atoms with E-state index < -0.39 is 0 Å². The zero-order valence-corrected chi connectivity index (χ0v) is 13.6. The summed E-state index contributed by atoms with van der Waals surface area (Å²) in [6.45, 7) is 13.5. The number of hydrogen-bond donors (Lipinski definition) is 0. The van der Waals surface area contributed by atoms with E-state index in [0.29, 0.717) is 6.61 Å². The summed E-state index contributed by atoms with van der Waals surface area (Å²) in [5, 5.41) is 0. The van der Waals surface area contributed by atoms with Crippen LogP contribution in [0.3, 0.4) is 0 Å². The molecule has 0 heterocycles. The predicted octanol–water partition coefficient (Wildman–Crippen LogP) is -0.934. The molecule has 0 aliphatic carbocycles. The van der Waals surface area contributed by atoms with Gasteiger partial charge in [0.05, 0.1) is 25.6 Å². The van der Waals surface area contributed by atoms with E-state index >= 15 is 0 Å². The summed E-state index contributed by atoms with van der Waals surface area (Å²) in [7, 11) is 2.19. The largest absolute Gasteiger partial charge is 1.00 e. The van der Waals surface area contributed by atoms with Crippen molar-refractivity contribution in [1.29, 1.82) is 0 Å². The minimum Gasteiger partial charge on any atom is -1.00 e. The normalized spacial score (nSPS) is 11.9. The molecule has 0 amide bonds. The van der Waals surface area contributed by atoms with Crippen molar-refractivity contribution in [3.8, 4) is 0 Å². The third-order valence-corrected chi connectivity index (χ3v) is 3.00. The first kappa shape index (κ1) is 18.5. The molecule has 0 bridgehead atoms. The molecule has 98 valence electrons. The van der Waals surface area contributed by atoms with Crippen LogP contribution >= 0.6 is 0 Å². The number of quaternary nitrogens is 1. The van der Waals surface area contributed by atoms with Crippen molar-refractivity contribution < 1.29 is 38.0 Å². The van der Waals surface area contributed by atoms with Crippen LogP contribution in [0.5, 0.6) is 0 Å². The zero-order valence-electron chi connectivity index (χ0n) is 11.5. The fourth-order valence-electron chi connectivity index (χ4n) is 1.12. The first-order chi connectivity index (χ1) is 6.75. The standard InChI is InChI=1S/C12H26NO2.HI/c1-7-13(6,8-2)9-10-15-11(14)12(3,4)5;/h7-10H2,1-6H3;1H/q+1;/p-1. The summed E-state index contributed by atoms with van der Waals surface area (Å²) in [6.07, 6.45) is 0. The van der Waals surface area contributed by atoms with Crippen LogP contribution in [0.1, 0.15) is 34.6 Å². The maximum atomic E-state index is 11.5. The summed E-state index contributed by atoms with van der Waals surface area (Å²) in [5.41, 5.74) is -0.387. The highest BCUT2D eigenvalue weighted by atomic mass is 127. The van der Waals surface area contributed by atoms with E-state index in [1.165, 1.54) is 0 Å². The quantitative estimate of drug-likeness (QED) is 0.366. The Bertz CT molecular complexity index is 208. The Balaban J connectivity index is 0. The molecular weight excluding hydrogens is 317 g/mol. The highest BCUT2D eigenvalue weighted by molar-refractivity contribution is 5.75. The summed E-state index contributed by atoms with van der Waals surface area (Å²) in [6, 6.07) is 0. The number of carbonyl (C=O) groups excluding carboxylic acids is 1. The second-order valence-electron chi connectivity index (χ2n) is 5.36. The topological polar surface area (TPSA) is 26.3 Å². The van der Waals surface area contributed by atoms with Crippen LogP contribution < -0.4 is 24.0 Å². The number of rotatable bonds is 5. The van der Waals surface area contributed by atoms with Gasteiger partial charge in [0.25, 0.3) is 0 Å². The van der Waals surface area contributed by atoms with Gasteiger partial charge in [-0.05, 0) is 34.6 Å². The average Bonchev–Trinajstić information content (AvgIpc) is 2.16. The molecule has 0 aromatic rings. The number of esters is 1. The van der Waals surface area contributed by atoms with Gasteiger partial charge in [-0.15, -0.1) is 0 Å². The molecule has 0 aliphatic rings. The minimum absolute atomic E-state index is 0. The average molecular weight is 343 g/mol. The number of ether oxygens (including phenoxy) is 1. The number of nitrogens with zero attached hydrogens (tertiary/aromatic N) is 1. The Morgan fingerprint density at radius 3 is 1.94 bits per heavy atom. The van der Waals surface area contributed by atoms with Crippen molar-refractivity contribution in [3.05, 3.63) is 0 Å². The lowest BCUT2D eigenvalue weighted by Gasteiger charge is -2.32. The molecular formula is C12H26INO2. The maximum Gasteiger partial charge on any atom is 0.311 e. The molecule has 0 fully saturated rings. The van der Waals surface area contributed by atoms with Gasteiger partial charge in [0.1, 0.15) is 13.2 Å². The van der Waals surface area contributed by atoms with Gasteiger partial charge in [-0.2, -0.15) is 0 Å². The van der Waals surface area contributed by atoms with Crippen molar-refractivity contribution in [2.24, 2.45) is 5.41 Å². The van der Waals surface area contributed by atoms with Crippen LogP contribution in [0.4, 0.5) is 0 Å². The lowest BCUT2D eigenvalue weighted by atomic mass is 9.97. The van der Waals surface area contributed by atoms with E-state index in [4.69, 9.17) is 4.74 Å². The van der Waals surface area contributed by atoms with Crippen LogP contribution in [0, 0.1) is 5.41 Å². The van der Waals surface area contributed by atoms with Crippen LogP contribution in [0.2, 0.25) is 0 Å². The summed E-state index contributed by atoms with van der Waals surface area (Å²) in [5.74, 6) is -0.110. The molecule has 16 heavy (non-hydrogen) atoms. The smallest absolute Gasteiger partial charge is 0.311 e. The molecule has 0 aromatic carbocycles. The van der Waals surface area contributed by atoms with E-state index in [1.54, 1.807) is 0 Å². The van der Waals surface area contributed by atoms with Gasteiger partial charge in [-0.3, -0.25) is 4.79 Å². The van der Waals surface area contributed by atoms with Crippen LogP contribution in [-0.4, -0.2) is 43.7 Å². The van der Waals surface area contributed by atoms with Gasteiger partial charge in [-0.25, -0.2) is 0 Å². The van der Waals surface area contributed by atoms with Crippen molar-refractivity contribution in [3.63, 3.8) is 0 Å². The molecule has 0 N–H and O–H groups in total. The third-order valence-electron chi connectivity index (χ3n) is 3.00. The second kappa shape index (κ2) is 7.48. The Hall–Kier alpha value is 0.160. The first-order valence-corrected chi connectivity index (χ1v) is 5.76. The van der Waals surface area contributed by atoms with Gasteiger partial charge >= 0.3 is 5.97 Å². The van der Waals surface area contributed by atoms with Crippen LogP contribution in [-0.2, 0) is 9.53 Å². The number of halogens is 1. The first-order valence-electron chi connectivity index (χ1n) is 5.76. The Labute approximate surface area is 117 Å². The number of hydrogen-bond acceptors (Lipinski definition) is 2. The summed E-state index contributed by atoms with van der Waals surface area (Å²) >= 11 is 0. The molecule has 0 aliphatic heterocycles.